The maximum Gasteiger partial charge on any atom is 0.306 e. The first-order chi connectivity index (χ1) is 3.29. The molecule has 0 aromatic rings. The van der Waals surface area contributed by atoms with Gasteiger partial charge >= 0.3 is 5.97 Å². The summed E-state index contributed by atoms with van der Waals surface area (Å²) in [5, 5.41) is 0. The molecule has 1 rings (SSSR count). The van der Waals surface area contributed by atoms with Crippen LogP contribution in [0.25, 0.3) is 0 Å². The summed E-state index contributed by atoms with van der Waals surface area (Å²) in [6.45, 7) is 1.82. The van der Waals surface area contributed by atoms with Crippen molar-refractivity contribution in [2.45, 2.75) is 19.8 Å². The van der Waals surface area contributed by atoms with Crippen molar-refractivity contribution in [2.24, 2.45) is 0 Å². The molecule has 0 amide bonds. The van der Waals surface area contributed by atoms with Crippen LogP contribution >= 0.6 is 0 Å². The van der Waals surface area contributed by atoms with E-state index in [1.54, 1.807) is 0 Å². The Bertz CT molecular complexity index is 88.1. The Morgan fingerprint density at radius 2 is 2.29 bits per heavy atom. The minimum atomic E-state index is -0.0856. The summed E-state index contributed by atoms with van der Waals surface area (Å²) in [5.74, 6) is -0.0856. The van der Waals surface area contributed by atoms with Gasteiger partial charge < -0.3 is 4.74 Å². The van der Waals surface area contributed by atoms with E-state index in [9.17, 15) is 4.79 Å². The Morgan fingerprint density at radius 3 is 2.43 bits per heavy atom. The Hall–Kier alpha value is -0.530. The largest absolute Gasteiger partial charge is 0.455 e. The summed E-state index contributed by atoms with van der Waals surface area (Å²) in [5.41, 5.74) is 0. The molecule has 1 radical (unpaired) electrons. The van der Waals surface area contributed by atoms with Crippen molar-refractivity contribution < 1.29 is 9.53 Å². The average Bonchev–Trinajstić information content (AvgIpc) is 1.87. The first kappa shape index (κ1) is 4.62. The van der Waals surface area contributed by atoms with Crippen LogP contribution in [0.1, 0.15) is 19.8 Å². The summed E-state index contributed by atoms with van der Waals surface area (Å²) < 4.78 is 4.64. The molecule has 39 valence electrons. The van der Waals surface area contributed by atoms with Crippen molar-refractivity contribution >= 4 is 5.97 Å². The van der Waals surface area contributed by atoms with Crippen LogP contribution in [-0.4, -0.2) is 5.97 Å². The van der Waals surface area contributed by atoms with Gasteiger partial charge in [0.05, 0.1) is 0 Å². The molecule has 0 N–H and O–H groups in total. The van der Waals surface area contributed by atoms with E-state index in [2.05, 4.69) is 4.74 Å². The predicted molar refractivity (Wildman–Crippen MR) is 24.2 cm³/mol. The number of hydrogen-bond acceptors (Lipinski definition) is 2. The van der Waals surface area contributed by atoms with E-state index in [-0.39, 0.29) is 5.97 Å². The summed E-state index contributed by atoms with van der Waals surface area (Å²) >= 11 is 0. The molecule has 0 atom stereocenters. The van der Waals surface area contributed by atoms with Crippen LogP contribution in [0.15, 0.2) is 0 Å². The lowest BCUT2D eigenvalue weighted by Crippen LogP contribution is -1.91. The van der Waals surface area contributed by atoms with Crippen LogP contribution in [0.5, 0.6) is 0 Å². The van der Waals surface area contributed by atoms with Crippen molar-refractivity contribution in [3.8, 4) is 0 Å². The van der Waals surface area contributed by atoms with E-state index in [4.69, 9.17) is 0 Å². The van der Waals surface area contributed by atoms with Crippen LogP contribution in [0, 0.1) is 6.10 Å². The van der Waals surface area contributed by atoms with Gasteiger partial charge in [-0.3, -0.25) is 4.79 Å². The molecular formula is C5H7O2. The van der Waals surface area contributed by atoms with Crippen LogP contribution in [0.4, 0.5) is 0 Å². The molecular weight excluding hydrogens is 92.1 g/mol. The normalized spacial score (nSPS) is 22.7. The van der Waals surface area contributed by atoms with Gasteiger partial charge in [-0.05, 0) is 6.92 Å². The monoisotopic (exact) mass is 99.0 g/mol. The van der Waals surface area contributed by atoms with E-state index in [1.807, 2.05) is 6.92 Å². The van der Waals surface area contributed by atoms with Gasteiger partial charge in [-0.2, -0.15) is 0 Å². The van der Waals surface area contributed by atoms with Crippen LogP contribution in [0.2, 0.25) is 0 Å². The van der Waals surface area contributed by atoms with E-state index >= 15 is 0 Å². The van der Waals surface area contributed by atoms with Gasteiger partial charge in [0.1, 0.15) is 6.10 Å². The third-order valence-corrected chi connectivity index (χ3v) is 0.969. The number of ether oxygens (including phenoxy) is 1. The van der Waals surface area contributed by atoms with Gasteiger partial charge in [-0.1, -0.05) is 0 Å². The lowest BCUT2D eigenvalue weighted by atomic mass is 10.3. The first-order valence-electron chi connectivity index (χ1n) is 2.32. The van der Waals surface area contributed by atoms with Crippen LogP contribution in [-0.2, 0) is 9.53 Å². The first-order valence-corrected chi connectivity index (χ1v) is 2.32. The standard InChI is InChI=1S/C5H7O2/c1-4-2-3-5(6)7-4/h2-3H2,1H3. The van der Waals surface area contributed by atoms with Crippen molar-refractivity contribution in [1.82, 2.24) is 0 Å². The molecule has 0 aromatic heterocycles. The highest BCUT2D eigenvalue weighted by Crippen LogP contribution is 2.18. The van der Waals surface area contributed by atoms with Gasteiger partial charge in [-0.25, -0.2) is 0 Å². The second-order valence-corrected chi connectivity index (χ2v) is 1.68. The molecule has 1 aliphatic heterocycles. The molecule has 1 heterocycles. The summed E-state index contributed by atoms with van der Waals surface area (Å²) in [6, 6.07) is 0. The maximum atomic E-state index is 10.2. The van der Waals surface area contributed by atoms with Gasteiger partial charge in [-0.15, -0.1) is 0 Å². The topological polar surface area (TPSA) is 26.3 Å². The number of carbonyl (C=O) groups excluding carboxylic acids is 1. The summed E-state index contributed by atoms with van der Waals surface area (Å²) in [7, 11) is 0. The highest BCUT2D eigenvalue weighted by molar-refractivity contribution is 5.72. The maximum absolute atomic E-state index is 10.2. The van der Waals surface area contributed by atoms with Gasteiger partial charge in [0.2, 0.25) is 0 Å². The molecule has 2 nitrogen and oxygen atoms in total. The third kappa shape index (κ3) is 0.918. The Labute approximate surface area is 42.5 Å². The lowest BCUT2D eigenvalue weighted by Gasteiger charge is -1.93. The second-order valence-electron chi connectivity index (χ2n) is 1.68. The molecule has 0 unspecified atom stereocenters. The van der Waals surface area contributed by atoms with E-state index in [0.29, 0.717) is 6.42 Å². The number of rotatable bonds is 0. The predicted octanol–water partition coefficient (Wildman–Crippen LogP) is 0.875. The molecule has 0 aliphatic carbocycles. The highest BCUT2D eigenvalue weighted by Gasteiger charge is 2.18. The average molecular weight is 99.1 g/mol. The second kappa shape index (κ2) is 1.52. The fraction of sp³-hybridized carbons (Fsp3) is 0.600. The summed E-state index contributed by atoms with van der Waals surface area (Å²) in [6.07, 6.45) is 2.25. The zero-order valence-corrected chi connectivity index (χ0v) is 4.23. The molecule has 0 spiro atoms. The zero-order chi connectivity index (χ0) is 5.28. The molecule has 0 bridgehead atoms. The van der Waals surface area contributed by atoms with Crippen LogP contribution in [0.3, 0.4) is 0 Å². The molecule has 0 saturated carbocycles. The van der Waals surface area contributed by atoms with Crippen molar-refractivity contribution in [3.05, 3.63) is 6.10 Å². The number of carbonyl (C=O) groups is 1. The SMILES string of the molecule is C[C]1CCC(=O)O1. The molecule has 1 aliphatic rings. The van der Waals surface area contributed by atoms with Crippen molar-refractivity contribution in [2.75, 3.05) is 0 Å². The van der Waals surface area contributed by atoms with Gasteiger partial charge in [0, 0.05) is 12.8 Å². The molecule has 1 saturated heterocycles. The molecule has 7 heavy (non-hydrogen) atoms. The van der Waals surface area contributed by atoms with Crippen molar-refractivity contribution in [1.29, 1.82) is 0 Å². The van der Waals surface area contributed by atoms with E-state index in [0.717, 1.165) is 12.5 Å². The summed E-state index contributed by atoms with van der Waals surface area (Å²) in [4.78, 5) is 10.2. The minimum Gasteiger partial charge on any atom is -0.455 e. The smallest absolute Gasteiger partial charge is 0.306 e. The molecule has 1 fully saturated rings. The molecule has 2 heteroatoms. The lowest BCUT2D eigenvalue weighted by molar-refractivity contribution is -0.137. The van der Waals surface area contributed by atoms with Crippen molar-refractivity contribution in [3.63, 3.8) is 0 Å². The molecule has 0 aromatic carbocycles. The fourth-order valence-corrected chi connectivity index (χ4v) is 0.574. The quantitative estimate of drug-likeness (QED) is 0.421. The zero-order valence-electron chi connectivity index (χ0n) is 4.23. The number of hydrogen-bond donors (Lipinski definition) is 0. The number of cyclic esters (lactones) is 1. The Kier molecular flexibility index (Phi) is 1.01. The number of esters is 1. The van der Waals surface area contributed by atoms with Crippen LogP contribution < -0.4 is 0 Å². The van der Waals surface area contributed by atoms with E-state index in [1.165, 1.54) is 0 Å². The fourth-order valence-electron chi connectivity index (χ4n) is 0.574. The van der Waals surface area contributed by atoms with E-state index < -0.39 is 0 Å². The minimum absolute atomic E-state index is 0.0856. The van der Waals surface area contributed by atoms with Gasteiger partial charge in [0.15, 0.2) is 0 Å². The van der Waals surface area contributed by atoms with Gasteiger partial charge in [0.25, 0.3) is 0 Å². The Morgan fingerprint density at radius 1 is 1.57 bits per heavy atom. The Balaban J connectivity index is 2.40. The third-order valence-electron chi connectivity index (χ3n) is 0.969. The highest BCUT2D eigenvalue weighted by atomic mass is 16.5.